The third-order valence-electron chi connectivity index (χ3n) is 3.31. The van der Waals surface area contributed by atoms with Gasteiger partial charge in [0.25, 0.3) is 0 Å². The molecule has 2 aromatic carbocycles. The standard InChI is InChI=1S/C18H21FN2O2/c1-13(2)14-3-9-17(10-4-14)23-12-11-20-18(22)21-16-7-5-15(19)6-8-16/h3-10,13H,11-12H2,1-2H3,(H2,20,21,22). The van der Waals surface area contributed by atoms with Gasteiger partial charge >= 0.3 is 6.03 Å². The van der Waals surface area contributed by atoms with Crippen LogP contribution in [-0.4, -0.2) is 19.2 Å². The zero-order chi connectivity index (χ0) is 16.7. The Morgan fingerprint density at radius 1 is 1.09 bits per heavy atom. The summed E-state index contributed by atoms with van der Waals surface area (Å²) in [5.74, 6) is 0.920. The molecular weight excluding hydrogens is 295 g/mol. The first-order valence-corrected chi connectivity index (χ1v) is 7.58. The number of hydrogen-bond acceptors (Lipinski definition) is 2. The summed E-state index contributed by atoms with van der Waals surface area (Å²) < 4.78 is 18.3. The van der Waals surface area contributed by atoms with E-state index in [0.717, 1.165) is 5.75 Å². The van der Waals surface area contributed by atoms with Crippen molar-refractivity contribution in [2.45, 2.75) is 19.8 Å². The lowest BCUT2D eigenvalue weighted by Gasteiger charge is -2.10. The van der Waals surface area contributed by atoms with Crippen LogP contribution in [0.15, 0.2) is 48.5 Å². The summed E-state index contributed by atoms with van der Waals surface area (Å²) in [6.07, 6.45) is 0. The average molecular weight is 316 g/mol. The van der Waals surface area contributed by atoms with Gasteiger partial charge in [0.15, 0.2) is 0 Å². The van der Waals surface area contributed by atoms with E-state index >= 15 is 0 Å². The van der Waals surface area contributed by atoms with Crippen LogP contribution in [0, 0.1) is 5.82 Å². The van der Waals surface area contributed by atoms with E-state index in [-0.39, 0.29) is 11.8 Å². The monoisotopic (exact) mass is 316 g/mol. The summed E-state index contributed by atoms with van der Waals surface area (Å²) in [4.78, 5) is 11.7. The van der Waals surface area contributed by atoms with Crippen molar-refractivity contribution in [1.82, 2.24) is 5.32 Å². The van der Waals surface area contributed by atoms with E-state index in [1.54, 1.807) is 0 Å². The summed E-state index contributed by atoms with van der Waals surface area (Å²) in [5, 5.41) is 5.29. The SMILES string of the molecule is CC(C)c1ccc(OCCNC(=O)Nc2ccc(F)cc2)cc1. The number of amides is 2. The average Bonchev–Trinajstić information content (AvgIpc) is 2.54. The van der Waals surface area contributed by atoms with E-state index < -0.39 is 0 Å². The molecule has 2 aromatic rings. The molecule has 0 aliphatic carbocycles. The van der Waals surface area contributed by atoms with Gasteiger partial charge in [-0.15, -0.1) is 0 Å². The van der Waals surface area contributed by atoms with Gasteiger partial charge < -0.3 is 15.4 Å². The fraction of sp³-hybridized carbons (Fsp3) is 0.278. The van der Waals surface area contributed by atoms with E-state index in [9.17, 15) is 9.18 Å². The molecule has 2 rings (SSSR count). The zero-order valence-corrected chi connectivity index (χ0v) is 13.3. The summed E-state index contributed by atoms with van der Waals surface area (Å²) >= 11 is 0. The predicted octanol–water partition coefficient (Wildman–Crippen LogP) is 4.15. The van der Waals surface area contributed by atoms with Crippen LogP contribution in [0.1, 0.15) is 25.3 Å². The second-order valence-electron chi connectivity index (χ2n) is 5.46. The van der Waals surface area contributed by atoms with Crippen LogP contribution < -0.4 is 15.4 Å². The summed E-state index contributed by atoms with van der Waals surface area (Å²) in [6.45, 7) is 5.02. The first-order valence-electron chi connectivity index (χ1n) is 7.58. The number of ether oxygens (including phenoxy) is 1. The van der Waals surface area contributed by atoms with Crippen molar-refractivity contribution in [3.05, 3.63) is 59.9 Å². The summed E-state index contributed by atoms with van der Waals surface area (Å²) in [7, 11) is 0. The number of urea groups is 1. The quantitative estimate of drug-likeness (QED) is 0.787. The van der Waals surface area contributed by atoms with Crippen LogP contribution in [-0.2, 0) is 0 Å². The van der Waals surface area contributed by atoms with Crippen molar-refractivity contribution in [2.24, 2.45) is 0 Å². The van der Waals surface area contributed by atoms with Gasteiger partial charge in [-0.3, -0.25) is 0 Å². The number of halogens is 1. The molecule has 23 heavy (non-hydrogen) atoms. The molecule has 0 atom stereocenters. The minimum Gasteiger partial charge on any atom is -0.492 e. The molecular formula is C18H21FN2O2. The molecule has 0 saturated heterocycles. The highest BCUT2D eigenvalue weighted by atomic mass is 19.1. The Bertz CT molecular complexity index is 624. The van der Waals surface area contributed by atoms with E-state index in [4.69, 9.17) is 4.74 Å². The molecule has 122 valence electrons. The lowest BCUT2D eigenvalue weighted by atomic mass is 10.0. The summed E-state index contributed by atoms with van der Waals surface area (Å²) in [6, 6.07) is 13.2. The molecule has 2 N–H and O–H groups in total. The molecule has 5 heteroatoms. The molecule has 4 nitrogen and oxygen atoms in total. The van der Waals surface area contributed by atoms with Crippen molar-refractivity contribution < 1.29 is 13.9 Å². The first kappa shape index (κ1) is 16.8. The highest BCUT2D eigenvalue weighted by molar-refractivity contribution is 5.89. The molecule has 0 fully saturated rings. The Balaban J connectivity index is 1.68. The largest absolute Gasteiger partial charge is 0.492 e. The van der Waals surface area contributed by atoms with E-state index in [0.29, 0.717) is 24.8 Å². The first-order chi connectivity index (χ1) is 11.0. The van der Waals surface area contributed by atoms with Crippen LogP contribution in [0.25, 0.3) is 0 Å². The highest BCUT2D eigenvalue weighted by Crippen LogP contribution is 2.18. The van der Waals surface area contributed by atoms with Crippen molar-refractivity contribution >= 4 is 11.7 Å². The lowest BCUT2D eigenvalue weighted by Crippen LogP contribution is -2.32. The lowest BCUT2D eigenvalue weighted by molar-refractivity contribution is 0.247. The molecule has 0 aromatic heterocycles. The van der Waals surface area contributed by atoms with E-state index in [2.05, 4.69) is 24.5 Å². The predicted molar refractivity (Wildman–Crippen MR) is 89.4 cm³/mol. The zero-order valence-electron chi connectivity index (χ0n) is 13.3. The molecule has 0 heterocycles. The van der Waals surface area contributed by atoms with Crippen LogP contribution >= 0.6 is 0 Å². The second kappa shape index (κ2) is 8.17. The van der Waals surface area contributed by atoms with E-state index in [1.807, 2.05) is 24.3 Å². The molecule has 0 aliphatic heterocycles. The molecule has 0 saturated carbocycles. The van der Waals surface area contributed by atoms with Gasteiger partial charge in [0.1, 0.15) is 18.2 Å². The maximum atomic E-state index is 12.8. The van der Waals surface area contributed by atoms with Crippen molar-refractivity contribution in [3.8, 4) is 5.75 Å². The number of anilines is 1. The van der Waals surface area contributed by atoms with Gasteiger partial charge in [0.05, 0.1) is 6.54 Å². The van der Waals surface area contributed by atoms with Crippen LogP contribution in [0.3, 0.4) is 0 Å². The Labute approximate surface area is 135 Å². The number of benzene rings is 2. The van der Waals surface area contributed by atoms with Crippen molar-refractivity contribution in [1.29, 1.82) is 0 Å². The van der Waals surface area contributed by atoms with Crippen molar-refractivity contribution in [2.75, 3.05) is 18.5 Å². The third kappa shape index (κ3) is 5.62. The smallest absolute Gasteiger partial charge is 0.319 e. The van der Waals surface area contributed by atoms with Crippen LogP contribution in [0.2, 0.25) is 0 Å². The minimum absolute atomic E-state index is 0.340. The minimum atomic E-state index is -0.352. The number of carbonyl (C=O) groups excluding carboxylic acids is 1. The maximum Gasteiger partial charge on any atom is 0.319 e. The van der Waals surface area contributed by atoms with Crippen molar-refractivity contribution in [3.63, 3.8) is 0 Å². The van der Waals surface area contributed by atoms with Crippen LogP contribution in [0.4, 0.5) is 14.9 Å². The summed E-state index contributed by atoms with van der Waals surface area (Å²) in [5.41, 5.74) is 1.79. The highest BCUT2D eigenvalue weighted by Gasteiger charge is 2.02. The van der Waals surface area contributed by atoms with Gasteiger partial charge in [0.2, 0.25) is 0 Å². The number of rotatable bonds is 6. The van der Waals surface area contributed by atoms with Gasteiger partial charge in [-0.05, 0) is 47.9 Å². The third-order valence-corrected chi connectivity index (χ3v) is 3.31. The number of hydrogen-bond donors (Lipinski definition) is 2. The second-order valence-corrected chi connectivity index (χ2v) is 5.46. The molecule has 0 aliphatic rings. The van der Waals surface area contributed by atoms with Crippen LogP contribution in [0.5, 0.6) is 5.75 Å². The fourth-order valence-electron chi connectivity index (χ4n) is 1.99. The topological polar surface area (TPSA) is 50.4 Å². The number of nitrogens with one attached hydrogen (secondary N) is 2. The molecule has 0 bridgehead atoms. The van der Waals surface area contributed by atoms with Gasteiger partial charge in [0, 0.05) is 5.69 Å². The Hall–Kier alpha value is -2.56. The van der Waals surface area contributed by atoms with Gasteiger partial charge in [-0.25, -0.2) is 9.18 Å². The fourth-order valence-corrected chi connectivity index (χ4v) is 1.99. The maximum absolute atomic E-state index is 12.8. The molecule has 2 amide bonds. The Kier molecular flexibility index (Phi) is 5.97. The van der Waals surface area contributed by atoms with E-state index in [1.165, 1.54) is 29.8 Å². The Morgan fingerprint density at radius 2 is 1.74 bits per heavy atom. The molecule has 0 spiro atoms. The van der Waals surface area contributed by atoms with Gasteiger partial charge in [-0.2, -0.15) is 0 Å². The molecule has 0 unspecified atom stereocenters. The Morgan fingerprint density at radius 3 is 2.35 bits per heavy atom. The molecule has 0 radical (unpaired) electrons. The number of carbonyl (C=O) groups is 1. The normalized spacial score (nSPS) is 10.4. The van der Waals surface area contributed by atoms with Gasteiger partial charge in [-0.1, -0.05) is 26.0 Å².